The molecule has 104 valence electrons. The van der Waals surface area contributed by atoms with Crippen molar-refractivity contribution in [2.45, 2.75) is 33.1 Å². The third-order valence-corrected chi connectivity index (χ3v) is 2.73. The highest BCUT2D eigenvalue weighted by Crippen LogP contribution is 2.12. The summed E-state index contributed by atoms with van der Waals surface area (Å²) in [5.41, 5.74) is 0.636. The van der Waals surface area contributed by atoms with Crippen LogP contribution in [-0.4, -0.2) is 24.8 Å². The van der Waals surface area contributed by atoms with Gasteiger partial charge in [0.1, 0.15) is 5.75 Å². The number of hydrogen-bond acceptors (Lipinski definition) is 3. The molecule has 0 fully saturated rings. The molecular formula is C15H21NO3. The first-order chi connectivity index (χ1) is 9.13. The predicted octanol–water partition coefficient (Wildman–Crippen LogP) is 2.57. The van der Waals surface area contributed by atoms with Crippen LogP contribution in [0.3, 0.4) is 0 Å². The van der Waals surface area contributed by atoms with Gasteiger partial charge in [-0.05, 0) is 37.6 Å². The molecular weight excluding hydrogens is 242 g/mol. The summed E-state index contributed by atoms with van der Waals surface area (Å²) in [5.74, 6) is 0.487. The van der Waals surface area contributed by atoms with E-state index in [2.05, 4.69) is 12.2 Å². The van der Waals surface area contributed by atoms with E-state index in [0.717, 1.165) is 19.3 Å². The minimum Gasteiger partial charge on any atom is -0.484 e. The lowest BCUT2D eigenvalue weighted by Crippen LogP contribution is -2.29. The lowest BCUT2D eigenvalue weighted by Gasteiger charge is -2.07. The van der Waals surface area contributed by atoms with E-state index < -0.39 is 0 Å². The molecule has 0 spiro atoms. The molecule has 4 heteroatoms. The highest BCUT2D eigenvalue weighted by atomic mass is 16.5. The molecule has 0 atom stereocenters. The summed E-state index contributed by atoms with van der Waals surface area (Å²) >= 11 is 0. The van der Waals surface area contributed by atoms with Crippen LogP contribution in [0.1, 0.15) is 43.5 Å². The van der Waals surface area contributed by atoms with Crippen LogP contribution in [0.15, 0.2) is 24.3 Å². The molecule has 0 bridgehead atoms. The van der Waals surface area contributed by atoms with Gasteiger partial charge in [-0.25, -0.2) is 0 Å². The summed E-state index contributed by atoms with van der Waals surface area (Å²) in [7, 11) is 0. The van der Waals surface area contributed by atoms with Crippen molar-refractivity contribution in [3.05, 3.63) is 29.8 Å². The Morgan fingerprint density at radius 1 is 1.16 bits per heavy atom. The molecule has 0 aliphatic carbocycles. The quantitative estimate of drug-likeness (QED) is 0.579. The van der Waals surface area contributed by atoms with Gasteiger partial charge in [-0.15, -0.1) is 0 Å². The first-order valence-electron chi connectivity index (χ1n) is 6.64. The second-order valence-corrected chi connectivity index (χ2v) is 4.43. The molecule has 0 saturated heterocycles. The summed E-state index contributed by atoms with van der Waals surface area (Å²) < 4.78 is 5.34. The largest absolute Gasteiger partial charge is 0.484 e. The van der Waals surface area contributed by atoms with Gasteiger partial charge < -0.3 is 10.1 Å². The van der Waals surface area contributed by atoms with Crippen molar-refractivity contribution in [1.29, 1.82) is 0 Å². The SMILES string of the molecule is CCCCCNC(=O)COc1ccc(C(C)=O)cc1. The first kappa shape index (κ1) is 15.2. The van der Waals surface area contributed by atoms with Gasteiger partial charge >= 0.3 is 0 Å². The number of carbonyl (C=O) groups excluding carboxylic acids is 2. The number of nitrogens with one attached hydrogen (secondary N) is 1. The lowest BCUT2D eigenvalue weighted by molar-refractivity contribution is -0.123. The zero-order valence-electron chi connectivity index (χ0n) is 11.6. The maximum Gasteiger partial charge on any atom is 0.257 e. The van der Waals surface area contributed by atoms with Crippen LogP contribution in [0.5, 0.6) is 5.75 Å². The summed E-state index contributed by atoms with van der Waals surface area (Å²) in [4.78, 5) is 22.6. The van der Waals surface area contributed by atoms with E-state index in [1.165, 1.54) is 6.92 Å². The molecule has 1 aromatic carbocycles. The zero-order valence-corrected chi connectivity index (χ0v) is 11.6. The van der Waals surface area contributed by atoms with Crippen molar-refractivity contribution < 1.29 is 14.3 Å². The molecule has 0 aromatic heterocycles. The average Bonchev–Trinajstić information content (AvgIpc) is 2.42. The second kappa shape index (κ2) is 8.29. The zero-order chi connectivity index (χ0) is 14.1. The second-order valence-electron chi connectivity index (χ2n) is 4.43. The first-order valence-corrected chi connectivity index (χ1v) is 6.64. The molecule has 1 aromatic rings. The van der Waals surface area contributed by atoms with Crippen LogP contribution in [0.2, 0.25) is 0 Å². The number of hydrogen-bond donors (Lipinski definition) is 1. The van der Waals surface area contributed by atoms with Gasteiger partial charge in [0.15, 0.2) is 12.4 Å². The molecule has 0 aliphatic heterocycles. The maximum atomic E-state index is 11.5. The number of ether oxygens (including phenoxy) is 1. The molecule has 4 nitrogen and oxygen atoms in total. The Bertz CT molecular complexity index is 412. The molecule has 0 unspecified atom stereocenters. The number of rotatable bonds is 8. The molecule has 1 N–H and O–H groups in total. The van der Waals surface area contributed by atoms with Crippen molar-refractivity contribution in [1.82, 2.24) is 5.32 Å². The fraction of sp³-hybridized carbons (Fsp3) is 0.467. The van der Waals surface area contributed by atoms with Gasteiger partial charge in [0.25, 0.3) is 5.91 Å². The average molecular weight is 263 g/mol. The summed E-state index contributed by atoms with van der Waals surface area (Å²) in [6.07, 6.45) is 3.25. The maximum absolute atomic E-state index is 11.5. The van der Waals surface area contributed by atoms with Crippen molar-refractivity contribution in [2.24, 2.45) is 0 Å². The number of ketones is 1. The summed E-state index contributed by atoms with van der Waals surface area (Å²) in [6.45, 7) is 4.33. The van der Waals surface area contributed by atoms with Gasteiger partial charge in [0, 0.05) is 12.1 Å². The van der Waals surface area contributed by atoms with Crippen LogP contribution in [0, 0.1) is 0 Å². The van der Waals surface area contributed by atoms with E-state index in [1.54, 1.807) is 24.3 Å². The Balaban J connectivity index is 2.28. The van der Waals surface area contributed by atoms with E-state index in [4.69, 9.17) is 4.74 Å². The smallest absolute Gasteiger partial charge is 0.257 e. The summed E-state index contributed by atoms with van der Waals surface area (Å²) in [6, 6.07) is 6.77. The minimum atomic E-state index is -0.119. The third-order valence-electron chi connectivity index (χ3n) is 2.73. The molecule has 0 aliphatic rings. The molecule has 0 heterocycles. The van der Waals surface area contributed by atoms with E-state index in [0.29, 0.717) is 17.9 Å². The Morgan fingerprint density at radius 2 is 1.84 bits per heavy atom. The van der Waals surface area contributed by atoms with Crippen LogP contribution in [-0.2, 0) is 4.79 Å². The summed E-state index contributed by atoms with van der Waals surface area (Å²) in [5, 5.41) is 2.80. The van der Waals surface area contributed by atoms with Crippen molar-refractivity contribution in [2.75, 3.05) is 13.2 Å². The van der Waals surface area contributed by atoms with Gasteiger partial charge in [-0.2, -0.15) is 0 Å². The number of amides is 1. The fourth-order valence-corrected chi connectivity index (χ4v) is 1.59. The van der Waals surface area contributed by atoms with Crippen molar-refractivity contribution in [3.63, 3.8) is 0 Å². The molecule has 1 rings (SSSR count). The standard InChI is InChI=1S/C15H21NO3/c1-3-4-5-10-16-15(18)11-19-14-8-6-13(7-9-14)12(2)17/h6-9H,3-5,10-11H2,1-2H3,(H,16,18). The Labute approximate surface area is 114 Å². The van der Waals surface area contributed by atoms with Crippen LogP contribution >= 0.6 is 0 Å². The number of unbranched alkanes of at least 4 members (excludes halogenated alkanes) is 2. The molecule has 1 amide bonds. The van der Waals surface area contributed by atoms with E-state index in [-0.39, 0.29) is 18.3 Å². The van der Waals surface area contributed by atoms with E-state index in [9.17, 15) is 9.59 Å². The lowest BCUT2D eigenvalue weighted by atomic mass is 10.1. The van der Waals surface area contributed by atoms with Gasteiger partial charge in [0.2, 0.25) is 0 Å². The third kappa shape index (κ3) is 6.04. The normalized spacial score (nSPS) is 10.0. The highest BCUT2D eigenvalue weighted by molar-refractivity contribution is 5.94. The topological polar surface area (TPSA) is 55.4 Å². The van der Waals surface area contributed by atoms with Crippen molar-refractivity contribution in [3.8, 4) is 5.75 Å². The number of carbonyl (C=O) groups is 2. The Kier molecular flexibility index (Phi) is 6.64. The van der Waals surface area contributed by atoms with Crippen LogP contribution in [0.25, 0.3) is 0 Å². The van der Waals surface area contributed by atoms with Crippen LogP contribution in [0.4, 0.5) is 0 Å². The Morgan fingerprint density at radius 3 is 2.42 bits per heavy atom. The van der Waals surface area contributed by atoms with Gasteiger partial charge in [0.05, 0.1) is 0 Å². The van der Waals surface area contributed by atoms with E-state index >= 15 is 0 Å². The number of Topliss-reactive ketones (excluding diaryl/α,β-unsaturated/α-hetero) is 1. The molecule has 0 saturated carbocycles. The highest BCUT2D eigenvalue weighted by Gasteiger charge is 2.03. The predicted molar refractivity (Wildman–Crippen MR) is 74.5 cm³/mol. The van der Waals surface area contributed by atoms with Crippen LogP contribution < -0.4 is 10.1 Å². The van der Waals surface area contributed by atoms with E-state index in [1.807, 2.05) is 0 Å². The number of benzene rings is 1. The monoisotopic (exact) mass is 263 g/mol. The molecule has 19 heavy (non-hydrogen) atoms. The Hall–Kier alpha value is -1.84. The van der Waals surface area contributed by atoms with Gasteiger partial charge in [-0.3, -0.25) is 9.59 Å². The van der Waals surface area contributed by atoms with Gasteiger partial charge in [-0.1, -0.05) is 19.8 Å². The minimum absolute atomic E-state index is 0.00550. The molecule has 0 radical (unpaired) electrons. The van der Waals surface area contributed by atoms with Crippen molar-refractivity contribution >= 4 is 11.7 Å². The fourth-order valence-electron chi connectivity index (χ4n) is 1.59.